The maximum atomic E-state index is 4.74. The fourth-order valence-corrected chi connectivity index (χ4v) is 0.627. The average Bonchev–Trinajstić information content (AvgIpc) is 2.33. The largest absolute Gasteiger partial charge is 0.353 e. The Bertz CT molecular complexity index is 286. The highest BCUT2D eigenvalue weighted by molar-refractivity contribution is 5.68. The molecule has 2 rings (SSSR count). The molecule has 0 saturated heterocycles. The van der Waals surface area contributed by atoms with Gasteiger partial charge < -0.3 is 4.52 Å². The standard InChI is InChI=1S/C5H3N3O/c1-4-5(9-8-1)2-6-3-7-4/h1-3H. The van der Waals surface area contributed by atoms with E-state index in [9.17, 15) is 0 Å². The summed E-state index contributed by atoms with van der Waals surface area (Å²) in [7, 11) is 0. The molecule has 0 aliphatic rings. The summed E-state index contributed by atoms with van der Waals surface area (Å²) in [4.78, 5) is 7.61. The van der Waals surface area contributed by atoms with Crippen LogP contribution in [0, 0.1) is 0 Å². The van der Waals surface area contributed by atoms with Gasteiger partial charge in [0.25, 0.3) is 0 Å². The van der Waals surface area contributed by atoms with Gasteiger partial charge in [0.15, 0.2) is 0 Å². The highest BCUT2D eigenvalue weighted by Gasteiger charge is 1.94. The zero-order valence-electron chi connectivity index (χ0n) is 4.48. The summed E-state index contributed by atoms with van der Waals surface area (Å²) in [6, 6.07) is 0. The second kappa shape index (κ2) is 1.51. The predicted octanol–water partition coefficient (Wildman–Crippen LogP) is 0.618. The molecular weight excluding hydrogens is 118 g/mol. The maximum Gasteiger partial charge on any atom is 0.203 e. The summed E-state index contributed by atoms with van der Waals surface area (Å²) in [6.07, 6.45) is 4.59. The summed E-state index contributed by atoms with van der Waals surface area (Å²) in [5, 5.41) is 3.52. The highest BCUT2D eigenvalue weighted by atomic mass is 16.5. The number of fused-ring (bicyclic) bond motifs is 1. The fraction of sp³-hybridized carbons (Fsp3) is 0. The van der Waals surface area contributed by atoms with Crippen LogP contribution in [0.3, 0.4) is 0 Å². The molecule has 4 nitrogen and oxygen atoms in total. The molecule has 0 spiro atoms. The van der Waals surface area contributed by atoms with Crippen molar-refractivity contribution in [3.63, 3.8) is 0 Å². The summed E-state index contributed by atoms with van der Waals surface area (Å²) in [5.74, 6) is 0. The van der Waals surface area contributed by atoms with E-state index in [-0.39, 0.29) is 0 Å². The molecule has 0 amide bonds. The second-order valence-corrected chi connectivity index (χ2v) is 1.60. The van der Waals surface area contributed by atoms with Crippen molar-refractivity contribution in [3.05, 3.63) is 18.7 Å². The molecule has 0 atom stereocenters. The van der Waals surface area contributed by atoms with Crippen molar-refractivity contribution in [3.8, 4) is 0 Å². The van der Waals surface area contributed by atoms with E-state index in [2.05, 4.69) is 15.1 Å². The number of nitrogens with zero attached hydrogens (tertiary/aromatic N) is 3. The lowest BCUT2D eigenvalue weighted by molar-refractivity contribution is 0.455. The lowest BCUT2D eigenvalue weighted by Crippen LogP contribution is -1.72. The monoisotopic (exact) mass is 121 g/mol. The van der Waals surface area contributed by atoms with Gasteiger partial charge in [-0.25, -0.2) is 9.97 Å². The fourth-order valence-electron chi connectivity index (χ4n) is 0.627. The molecule has 0 saturated carbocycles. The SMILES string of the molecule is c1ncc2oncc2n1. The molecule has 4 heteroatoms. The van der Waals surface area contributed by atoms with Gasteiger partial charge in [-0.3, -0.25) is 0 Å². The topological polar surface area (TPSA) is 51.8 Å². The molecule has 0 N–H and O–H groups in total. The van der Waals surface area contributed by atoms with Crippen LogP contribution in [0.2, 0.25) is 0 Å². The van der Waals surface area contributed by atoms with Crippen LogP contribution in [-0.2, 0) is 0 Å². The first-order valence-corrected chi connectivity index (χ1v) is 2.47. The molecule has 0 unspecified atom stereocenters. The average molecular weight is 121 g/mol. The third-order valence-corrected chi connectivity index (χ3v) is 1.03. The van der Waals surface area contributed by atoms with Crippen molar-refractivity contribution in [2.45, 2.75) is 0 Å². The van der Waals surface area contributed by atoms with Crippen LogP contribution in [0.4, 0.5) is 0 Å². The number of aromatic nitrogens is 3. The van der Waals surface area contributed by atoms with E-state index in [0.29, 0.717) is 5.58 Å². The third kappa shape index (κ3) is 0.561. The van der Waals surface area contributed by atoms with Crippen molar-refractivity contribution < 1.29 is 4.52 Å². The van der Waals surface area contributed by atoms with Crippen LogP contribution in [0.15, 0.2) is 23.2 Å². The maximum absolute atomic E-state index is 4.74. The zero-order valence-corrected chi connectivity index (χ0v) is 4.48. The highest BCUT2D eigenvalue weighted by Crippen LogP contribution is 2.04. The van der Waals surface area contributed by atoms with Gasteiger partial charge in [-0.2, -0.15) is 0 Å². The first-order chi connectivity index (χ1) is 4.47. The van der Waals surface area contributed by atoms with Gasteiger partial charge in [0.2, 0.25) is 5.58 Å². The molecule has 0 aliphatic heterocycles. The minimum Gasteiger partial charge on any atom is -0.353 e. The molecule has 0 aromatic carbocycles. The van der Waals surface area contributed by atoms with Gasteiger partial charge in [0.1, 0.15) is 11.8 Å². The smallest absolute Gasteiger partial charge is 0.203 e. The number of hydrogen-bond donors (Lipinski definition) is 0. The van der Waals surface area contributed by atoms with Gasteiger partial charge in [-0.1, -0.05) is 5.16 Å². The molecule has 0 fully saturated rings. The van der Waals surface area contributed by atoms with E-state index >= 15 is 0 Å². The van der Waals surface area contributed by atoms with Crippen LogP contribution >= 0.6 is 0 Å². The minimum absolute atomic E-state index is 0.623. The Morgan fingerprint density at radius 2 is 2.33 bits per heavy atom. The third-order valence-electron chi connectivity index (χ3n) is 1.03. The molecule has 0 bridgehead atoms. The van der Waals surface area contributed by atoms with E-state index in [0.717, 1.165) is 5.52 Å². The summed E-state index contributed by atoms with van der Waals surface area (Å²) < 4.78 is 4.74. The number of hydrogen-bond acceptors (Lipinski definition) is 4. The Balaban J connectivity index is 2.95. The van der Waals surface area contributed by atoms with Gasteiger partial charge in [0.05, 0.1) is 12.4 Å². The van der Waals surface area contributed by atoms with Crippen molar-refractivity contribution >= 4 is 11.1 Å². The molecule has 0 radical (unpaired) electrons. The summed E-state index contributed by atoms with van der Waals surface area (Å²) in [6.45, 7) is 0. The summed E-state index contributed by atoms with van der Waals surface area (Å²) in [5.41, 5.74) is 1.36. The van der Waals surface area contributed by atoms with Crippen LogP contribution in [0.5, 0.6) is 0 Å². The molecule has 0 aliphatic carbocycles. The molecule has 44 valence electrons. The quantitative estimate of drug-likeness (QED) is 0.512. The molecule has 2 heterocycles. The Morgan fingerprint density at radius 1 is 1.33 bits per heavy atom. The second-order valence-electron chi connectivity index (χ2n) is 1.60. The van der Waals surface area contributed by atoms with Crippen molar-refractivity contribution in [2.24, 2.45) is 0 Å². The molecular formula is C5H3N3O. The van der Waals surface area contributed by atoms with Crippen LogP contribution in [0.25, 0.3) is 11.1 Å². The van der Waals surface area contributed by atoms with Crippen molar-refractivity contribution in [2.75, 3.05) is 0 Å². The summed E-state index contributed by atoms with van der Waals surface area (Å²) >= 11 is 0. The van der Waals surface area contributed by atoms with E-state index in [1.807, 2.05) is 0 Å². The molecule has 2 aromatic rings. The predicted molar refractivity (Wildman–Crippen MR) is 29.6 cm³/mol. The first kappa shape index (κ1) is 4.43. The zero-order chi connectivity index (χ0) is 6.10. The van der Waals surface area contributed by atoms with Crippen LogP contribution < -0.4 is 0 Å². The van der Waals surface area contributed by atoms with Crippen molar-refractivity contribution in [1.29, 1.82) is 0 Å². The molecule has 2 aromatic heterocycles. The van der Waals surface area contributed by atoms with Gasteiger partial charge in [-0.15, -0.1) is 0 Å². The van der Waals surface area contributed by atoms with Gasteiger partial charge in [0, 0.05) is 0 Å². The Labute approximate surface area is 50.5 Å². The van der Waals surface area contributed by atoms with Gasteiger partial charge in [-0.05, 0) is 0 Å². The van der Waals surface area contributed by atoms with E-state index in [1.165, 1.54) is 6.33 Å². The first-order valence-electron chi connectivity index (χ1n) is 2.47. The minimum atomic E-state index is 0.623. The lowest BCUT2D eigenvalue weighted by atomic mass is 10.5. The molecule has 9 heavy (non-hydrogen) atoms. The van der Waals surface area contributed by atoms with E-state index < -0.39 is 0 Å². The normalized spacial score (nSPS) is 10.2. The van der Waals surface area contributed by atoms with Gasteiger partial charge >= 0.3 is 0 Å². The number of rotatable bonds is 0. The van der Waals surface area contributed by atoms with E-state index in [1.54, 1.807) is 12.4 Å². The van der Waals surface area contributed by atoms with E-state index in [4.69, 9.17) is 4.52 Å². The lowest BCUT2D eigenvalue weighted by Gasteiger charge is -1.78. The van der Waals surface area contributed by atoms with Crippen molar-refractivity contribution in [1.82, 2.24) is 15.1 Å². The Kier molecular flexibility index (Phi) is 0.745. The Morgan fingerprint density at radius 3 is 3.22 bits per heavy atom. The van der Waals surface area contributed by atoms with Crippen LogP contribution in [0.1, 0.15) is 0 Å². The van der Waals surface area contributed by atoms with Crippen LogP contribution in [-0.4, -0.2) is 15.1 Å². The Hall–Kier alpha value is -1.45.